The Balaban J connectivity index is 1.51. The molecular formula is C36H35FO5S2. The maximum Gasteiger partial charge on any atom is 0.182 e. The average molecular weight is 631 g/mol. The van der Waals surface area contributed by atoms with Crippen molar-refractivity contribution in [3.05, 3.63) is 131 Å². The van der Waals surface area contributed by atoms with E-state index in [9.17, 15) is 21.6 Å². The van der Waals surface area contributed by atoms with Crippen LogP contribution in [-0.4, -0.2) is 33.1 Å². The molecule has 0 radical (unpaired) electrons. The summed E-state index contributed by atoms with van der Waals surface area (Å²) < 4.78 is 73.0. The first-order valence-corrected chi connectivity index (χ1v) is 18.0. The standard InChI is InChI=1S/C36H35FO5S2/c1-23-12-16-26(17-13-23)43(39,40)35-22-30-31(20-29(35)25-8-4-3-5-9-25)36(44(41,42)27-18-14-24(2)15-19-27)32(21-34(30)38)28-10-6-7-11-33(28)37/h3-19,29-32,35-36H,20-22H2,1-2H3/t29?,30-,31+,32?,35?,36?/m1/s1. The smallest absolute Gasteiger partial charge is 0.182 e. The van der Waals surface area contributed by atoms with E-state index in [4.69, 9.17) is 0 Å². The highest BCUT2D eigenvalue weighted by molar-refractivity contribution is 7.92. The number of carbonyl (C=O) groups is 1. The minimum absolute atomic E-state index is 0.00316. The number of halogens is 1. The van der Waals surface area contributed by atoms with Crippen molar-refractivity contribution in [1.29, 1.82) is 0 Å². The van der Waals surface area contributed by atoms with Crippen LogP contribution in [0, 0.1) is 31.5 Å². The van der Waals surface area contributed by atoms with Crippen LogP contribution in [0.5, 0.6) is 0 Å². The summed E-state index contributed by atoms with van der Waals surface area (Å²) in [5.41, 5.74) is 2.81. The number of fused-ring (bicyclic) bond motifs is 1. The first kappa shape index (κ1) is 30.4. The van der Waals surface area contributed by atoms with E-state index in [1.165, 1.54) is 6.07 Å². The molecule has 44 heavy (non-hydrogen) atoms. The number of carbonyl (C=O) groups excluding carboxylic acids is 1. The Kier molecular flexibility index (Phi) is 8.09. The van der Waals surface area contributed by atoms with Gasteiger partial charge in [-0.05, 0) is 74.1 Å². The van der Waals surface area contributed by atoms with Gasteiger partial charge in [-0.25, -0.2) is 21.2 Å². The van der Waals surface area contributed by atoms with Crippen LogP contribution in [0.3, 0.4) is 0 Å². The van der Waals surface area contributed by atoms with Gasteiger partial charge in [0, 0.05) is 24.2 Å². The topological polar surface area (TPSA) is 85.3 Å². The van der Waals surface area contributed by atoms with Gasteiger partial charge < -0.3 is 0 Å². The molecule has 0 spiro atoms. The maximum absolute atomic E-state index is 15.3. The molecule has 2 saturated carbocycles. The molecule has 2 aliphatic rings. The molecule has 0 saturated heterocycles. The molecule has 228 valence electrons. The number of sulfone groups is 2. The molecule has 0 aromatic heterocycles. The second-order valence-electron chi connectivity index (χ2n) is 12.3. The van der Waals surface area contributed by atoms with Crippen molar-refractivity contribution in [1.82, 2.24) is 0 Å². The minimum atomic E-state index is -4.07. The third kappa shape index (κ3) is 5.43. The van der Waals surface area contributed by atoms with Gasteiger partial charge in [-0.1, -0.05) is 83.9 Å². The molecular weight excluding hydrogens is 596 g/mol. The van der Waals surface area contributed by atoms with E-state index in [-0.39, 0.29) is 40.4 Å². The van der Waals surface area contributed by atoms with Crippen LogP contribution in [0.25, 0.3) is 0 Å². The lowest BCUT2D eigenvalue weighted by Gasteiger charge is -2.48. The van der Waals surface area contributed by atoms with E-state index in [1.807, 2.05) is 44.2 Å². The summed E-state index contributed by atoms with van der Waals surface area (Å²) in [6, 6.07) is 28.6. The number of hydrogen-bond acceptors (Lipinski definition) is 5. The number of hydrogen-bond donors (Lipinski definition) is 0. The molecule has 0 N–H and O–H groups in total. The van der Waals surface area contributed by atoms with Gasteiger partial charge in [-0.15, -0.1) is 0 Å². The molecule has 5 nitrogen and oxygen atoms in total. The number of Topliss-reactive ketones (excluding diaryl/α,β-unsaturated/α-hetero) is 1. The van der Waals surface area contributed by atoms with E-state index < -0.39 is 59.7 Å². The highest BCUT2D eigenvalue weighted by atomic mass is 32.2. The van der Waals surface area contributed by atoms with Gasteiger partial charge in [0.2, 0.25) is 0 Å². The van der Waals surface area contributed by atoms with Crippen LogP contribution in [-0.2, 0) is 24.5 Å². The lowest BCUT2D eigenvalue weighted by molar-refractivity contribution is -0.128. The van der Waals surface area contributed by atoms with Gasteiger partial charge in [0.1, 0.15) is 11.6 Å². The molecule has 0 aliphatic heterocycles. The predicted molar refractivity (Wildman–Crippen MR) is 168 cm³/mol. The fourth-order valence-corrected chi connectivity index (χ4v) is 11.7. The van der Waals surface area contributed by atoms with Gasteiger partial charge in [0.25, 0.3) is 0 Å². The van der Waals surface area contributed by atoms with Crippen molar-refractivity contribution in [3.8, 4) is 0 Å². The third-order valence-electron chi connectivity index (χ3n) is 9.62. The van der Waals surface area contributed by atoms with E-state index in [1.54, 1.807) is 66.7 Å². The second-order valence-corrected chi connectivity index (χ2v) is 16.5. The molecule has 4 aromatic carbocycles. The number of benzene rings is 4. The van der Waals surface area contributed by atoms with Crippen LogP contribution >= 0.6 is 0 Å². The Hall–Kier alpha value is -3.62. The number of aryl methyl sites for hydroxylation is 2. The molecule has 2 fully saturated rings. The minimum Gasteiger partial charge on any atom is -0.299 e. The predicted octanol–water partition coefficient (Wildman–Crippen LogP) is 6.99. The fraction of sp³-hybridized carbons (Fsp3) is 0.306. The molecule has 2 aliphatic carbocycles. The quantitative estimate of drug-likeness (QED) is 0.229. The zero-order valence-electron chi connectivity index (χ0n) is 24.6. The fourth-order valence-electron chi connectivity index (χ4n) is 7.41. The van der Waals surface area contributed by atoms with E-state index in [2.05, 4.69) is 0 Å². The van der Waals surface area contributed by atoms with E-state index in [0.29, 0.717) is 0 Å². The third-order valence-corrected chi connectivity index (χ3v) is 14.2. The molecule has 0 bridgehead atoms. The summed E-state index contributed by atoms with van der Waals surface area (Å²) in [4.78, 5) is 14.3. The summed E-state index contributed by atoms with van der Waals surface area (Å²) in [5, 5.41) is -2.04. The lowest BCUT2D eigenvalue weighted by atomic mass is 9.61. The van der Waals surface area contributed by atoms with Crippen LogP contribution in [0.1, 0.15) is 53.4 Å². The van der Waals surface area contributed by atoms with Crippen molar-refractivity contribution in [2.24, 2.45) is 11.8 Å². The van der Waals surface area contributed by atoms with Crippen molar-refractivity contribution < 1.29 is 26.0 Å². The zero-order chi connectivity index (χ0) is 31.2. The number of rotatable bonds is 6. The first-order chi connectivity index (χ1) is 21.0. The summed E-state index contributed by atoms with van der Waals surface area (Å²) >= 11 is 0. The Morgan fingerprint density at radius 2 is 1.16 bits per heavy atom. The normalized spacial score (nSPS) is 25.8. The Labute approximate surface area is 259 Å². The largest absolute Gasteiger partial charge is 0.299 e. The Morgan fingerprint density at radius 1 is 0.614 bits per heavy atom. The summed E-state index contributed by atoms with van der Waals surface area (Å²) in [5.74, 6) is -3.74. The van der Waals surface area contributed by atoms with Gasteiger partial charge in [-0.3, -0.25) is 4.79 Å². The SMILES string of the molecule is Cc1ccc(S(=O)(=O)C2C[C@H]3C(=O)CC(c4ccccc4F)C(S(=O)(=O)c4ccc(C)cc4)[C@H]3CC2c2ccccc2)cc1. The van der Waals surface area contributed by atoms with Crippen molar-refractivity contribution in [3.63, 3.8) is 0 Å². The molecule has 8 heteroatoms. The maximum atomic E-state index is 15.3. The molecule has 0 amide bonds. The summed E-state index contributed by atoms with van der Waals surface area (Å²) in [7, 11) is -7.96. The number of ketones is 1. The van der Waals surface area contributed by atoms with Crippen LogP contribution in [0.15, 0.2) is 113 Å². The Morgan fingerprint density at radius 3 is 1.75 bits per heavy atom. The van der Waals surface area contributed by atoms with E-state index in [0.717, 1.165) is 16.7 Å². The monoisotopic (exact) mass is 630 g/mol. The van der Waals surface area contributed by atoms with Gasteiger partial charge in [0.15, 0.2) is 19.7 Å². The van der Waals surface area contributed by atoms with Crippen LogP contribution in [0.4, 0.5) is 4.39 Å². The molecule has 4 aromatic rings. The Bertz CT molecular complexity index is 1890. The van der Waals surface area contributed by atoms with Crippen LogP contribution < -0.4 is 0 Å². The zero-order valence-corrected chi connectivity index (χ0v) is 26.3. The van der Waals surface area contributed by atoms with Crippen molar-refractivity contribution in [2.75, 3.05) is 0 Å². The van der Waals surface area contributed by atoms with Crippen molar-refractivity contribution >= 4 is 25.5 Å². The van der Waals surface area contributed by atoms with Gasteiger partial charge in [0.05, 0.1) is 20.3 Å². The van der Waals surface area contributed by atoms with Crippen LogP contribution in [0.2, 0.25) is 0 Å². The molecule has 0 heterocycles. The summed E-state index contributed by atoms with van der Waals surface area (Å²) in [6.07, 6.45) is -0.00870. The van der Waals surface area contributed by atoms with Crippen molar-refractivity contribution in [2.45, 2.75) is 65.2 Å². The highest BCUT2D eigenvalue weighted by Gasteiger charge is 2.56. The highest BCUT2D eigenvalue weighted by Crippen LogP contribution is 2.54. The van der Waals surface area contributed by atoms with Gasteiger partial charge >= 0.3 is 0 Å². The average Bonchev–Trinajstić information content (AvgIpc) is 3.01. The van der Waals surface area contributed by atoms with Gasteiger partial charge in [-0.2, -0.15) is 0 Å². The first-order valence-electron chi connectivity index (χ1n) is 14.9. The van der Waals surface area contributed by atoms with E-state index >= 15 is 4.39 Å². The lowest BCUT2D eigenvalue weighted by Crippen LogP contribution is -2.53. The molecule has 6 atom stereocenters. The molecule has 6 rings (SSSR count). The second kappa shape index (κ2) is 11.7. The summed E-state index contributed by atoms with van der Waals surface area (Å²) in [6.45, 7) is 3.75. The molecule has 4 unspecified atom stereocenters.